The summed E-state index contributed by atoms with van der Waals surface area (Å²) in [4.78, 5) is 26.9. The van der Waals surface area contributed by atoms with E-state index in [-0.39, 0.29) is 17.2 Å². The minimum Gasteiger partial charge on any atom is -0.327 e. The van der Waals surface area contributed by atoms with Crippen LogP contribution in [0.2, 0.25) is 0 Å². The van der Waals surface area contributed by atoms with Crippen LogP contribution in [0.5, 0.6) is 0 Å². The van der Waals surface area contributed by atoms with Crippen molar-refractivity contribution in [2.24, 2.45) is 0 Å². The first kappa shape index (κ1) is 13.8. The molecule has 110 valence electrons. The average Bonchev–Trinajstić information content (AvgIpc) is 3.05. The molecule has 3 rings (SSSR count). The molecule has 0 bridgehead atoms. The Morgan fingerprint density at radius 1 is 1.14 bits per heavy atom. The number of amides is 1. The summed E-state index contributed by atoms with van der Waals surface area (Å²) in [5, 5.41) is 6.80. The number of hydrogen-bond donors (Lipinski definition) is 2. The molecule has 1 atom stereocenters. The van der Waals surface area contributed by atoms with E-state index in [0.717, 1.165) is 5.56 Å². The van der Waals surface area contributed by atoms with Gasteiger partial charge in [-0.2, -0.15) is 5.10 Å². The molecular formula is C16H14N4O2. The number of rotatable bonds is 4. The van der Waals surface area contributed by atoms with Gasteiger partial charge in [0.15, 0.2) is 6.04 Å². The van der Waals surface area contributed by atoms with Gasteiger partial charge in [0.2, 0.25) is 0 Å². The molecule has 0 fully saturated rings. The predicted octanol–water partition coefficient (Wildman–Crippen LogP) is 1.80. The van der Waals surface area contributed by atoms with Crippen molar-refractivity contribution in [3.63, 3.8) is 0 Å². The van der Waals surface area contributed by atoms with Crippen LogP contribution in [0, 0.1) is 0 Å². The van der Waals surface area contributed by atoms with Crippen molar-refractivity contribution < 1.29 is 4.79 Å². The number of nitrogens with one attached hydrogen (secondary N) is 2. The molecule has 0 radical (unpaired) electrons. The Labute approximate surface area is 126 Å². The van der Waals surface area contributed by atoms with Crippen LogP contribution >= 0.6 is 0 Å². The van der Waals surface area contributed by atoms with Gasteiger partial charge in [0.1, 0.15) is 5.69 Å². The van der Waals surface area contributed by atoms with Crippen molar-refractivity contribution >= 4 is 11.6 Å². The molecule has 3 aromatic rings. The lowest BCUT2D eigenvalue weighted by molar-refractivity contribution is -0.118. The van der Waals surface area contributed by atoms with E-state index in [0.29, 0.717) is 0 Å². The van der Waals surface area contributed by atoms with Gasteiger partial charge in [0.05, 0.1) is 0 Å². The van der Waals surface area contributed by atoms with Crippen LogP contribution in [0.1, 0.15) is 11.6 Å². The monoisotopic (exact) mass is 294 g/mol. The smallest absolute Gasteiger partial charge is 0.271 e. The van der Waals surface area contributed by atoms with Gasteiger partial charge < -0.3 is 10.3 Å². The summed E-state index contributed by atoms with van der Waals surface area (Å²) >= 11 is 0. The molecule has 2 aromatic heterocycles. The lowest BCUT2D eigenvalue weighted by atomic mass is 10.1. The Bertz CT molecular complexity index is 809. The number of carbonyl (C=O) groups is 1. The third kappa shape index (κ3) is 2.80. The molecule has 2 N–H and O–H groups in total. The molecule has 0 aliphatic rings. The standard InChI is InChI=1S/C16H14N4O2/c21-15-13(8-4-9-17-15)19-16(22)14(20-11-5-10-18-20)12-6-2-1-3-7-12/h1-11,14H,(H,17,21)(H,19,22)/t14-/m0/s1. The van der Waals surface area contributed by atoms with Gasteiger partial charge in [0.25, 0.3) is 11.5 Å². The minimum absolute atomic E-state index is 0.209. The van der Waals surface area contributed by atoms with Gasteiger partial charge in [-0.1, -0.05) is 30.3 Å². The highest BCUT2D eigenvalue weighted by Crippen LogP contribution is 2.19. The van der Waals surface area contributed by atoms with Gasteiger partial charge in [0, 0.05) is 18.6 Å². The predicted molar refractivity (Wildman–Crippen MR) is 82.5 cm³/mol. The van der Waals surface area contributed by atoms with Crippen LogP contribution in [0.3, 0.4) is 0 Å². The number of aromatic nitrogens is 3. The number of anilines is 1. The third-order valence-electron chi connectivity index (χ3n) is 3.23. The summed E-state index contributed by atoms with van der Waals surface area (Å²) in [6.07, 6.45) is 4.84. The molecule has 0 saturated carbocycles. The number of pyridine rings is 1. The maximum atomic E-state index is 12.6. The van der Waals surface area contributed by atoms with Crippen LogP contribution in [0.25, 0.3) is 0 Å². The molecule has 2 heterocycles. The molecule has 0 saturated heterocycles. The molecule has 0 spiro atoms. The summed E-state index contributed by atoms with van der Waals surface area (Å²) in [6, 6.07) is 13.6. The zero-order valence-corrected chi connectivity index (χ0v) is 11.6. The van der Waals surface area contributed by atoms with Crippen molar-refractivity contribution in [1.29, 1.82) is 0 Å². The lowest BCUT2D eigenvalue weighted by Gasteiger charge is -2.17. The Kier molecular flexibility index (Phi) is 3.82. The van der Waals surface area contributed by atoms with Crippen LogP contribution in [-0.2, 0) is 4.79 Å². The van der Waals surface area contributed by atoms with Gasteiger partial charge in [-0.05, 0) is 23.8 Å². The molecule has 6 nitrogen and oxygen atoms in total. The quantitative estimate of drug-likeness (QED) is 0.770. The topological polar surface area (TPSA) is 79.8 Å². The summed E-state index contributed by atoms with van der Waals surface area (Å²) in [5.74, 6) is -0.327. The fraction of sp³-hybridized carbons (Fsp3) is 0.0625. The second-order valence-corrected chi connectivity index (χ2v) is 4.70. The van der Waals surface area contributed by atoms with Gasteiger partial charge in [-0.3, -0.25) is 14.3 Å². The SMILES string of the molecule is O=C(Nc1ccc[nH]c1=O)[C@H](c1ccccc1)n1cccn1. The van der Waals surface area contributed by atoms with Crippen LogP contribution in [0.4, 0.5) is 5.69 Å². The molecular weight excluding hydrogens is 280 g/mol. The van der Waals surface area contributed by atoms with E-state index in [1.807, 2.05) is 30.3 Å². The lowest BCUT2D eigenvalue weighted by Crippen LogP contribution is -2.29. The van der Waals surface area contributed by atoms with Crippen LogP contribution in [-0.4, -0.2) is 20.7 Å². The van der Waals surface area contributed by atoms with E-state index < -0.39 is 6.04 Å². The number of benzene rings is 1. The highest BCUT2D eigenvalue weighted by Gasteiger charge is 2.23. The van der Waals surface area contributed by atoms with Crippen LogP contribution < -0.4 is 10.9 Å². The van der Waals surface area contributed by atoms with E-state index in [4.69, 9.17) is 0 Å². The first-order valence-electron chi connectivity index (χ1n) is 6.78. The molecule has 1 amide bonds. The number of H-pyrrole nitrogens is 1. The Morgan fingerprint density at radius 3 is 2.64 bits per heavy atom. The zero-order valence-electron chi connectivity index (χ0n) is 11.6. The Balaban J connectivity index is 1.95. The van der Waals surface area contributed by atoms with Crippen molar-refractivity contribution in [3.05, 3.63) is 83.0 Å². The van der Waals surface area contributed by atoms with E-state index in [1.54, 1.807) is 35.3 Å². The van der Waals surface area contributed by atoms with E-state index in [1.165, 1.54) is 6.20 Å². The second kappa shape index (κ2) is 6.09. The maximum absolute atomic E-state index is 12.6. The normalized spacial score (nSPS) is 11.8. The summed E-state index contributed by atoms with van der Waals surface area (Å²) in [6.45, 7) is 0. The third-order valence-corrected chi connectivity index (χ3v) is 3.23. The highest BCUT2D eigenvalue weighted by molar-refractivity contribution is 5.95. The number of carbonyl (C=O) groups excluding carboxylic acids is 1. The summed E-state index contributed by atoms with van der Waals surface area (Å²) in [5.41, 5.74) is 0.653. The van der Waals surface area contributed by atoms with E-state index in [2.05, 4.69) is 15.4 Å². The summed E-state index contributed by atoms with van der Waals surface area (Å²) in [7, 11) is 0. The van der Waals surface area contributed by atoms with Crippen molar-refractivity contribution in [2.75, 3.05) is 5.32 Å². The molecule has 0 unspecified atom stereocenters. The Hall–Kier alpha value is -3.15. The minimum atomic E-state index is -0.643. The van der Waals surface area contributed by atoms with Gasteiger partial charge >= 0.3 is 0 Å². The highest BCUT2D eigenvalue weighted by atomic mass is 16.2. The fourth-order valence-corrected chi connectivity index (χ4v) is 2.21. The summed E-state index contributed by atoms with van der Waals surface area (Å²) < 4.78 is 1.56. The van der Waals surface area contributed by atoms with Crippen molar-refractivity contribution in [3.8, 4) is 0 Å². The average molecular weight is 294 g/mol. The van der Waals surface area contributed by atoms with E-state index in [9.17, 15) is 9.59 Å². The maximum Gasteiger partial charge on any atom is 0.271 e. The van der Waals surface area contributed by atoms with E-state index >= 15 is 0 Å². The Morgan fingerprint density at radius 2 is 1.95 bits per heavy atom. The zero-order chi connectivity index (χ0) is 15.4. The number of nitrogens with zero attached hydrogens (tertiary/aromatic N) is 2. The molecule has 6 heteroatoms. The number of aromatic amines is 1. The number of hydrogen-bond acceptors (Lipinski definition) is 3. The van der Waals surface area contributed by atoms with Crippen molar-refractivity contribution in [1.82, 2.24) is 14.8 Å². The van der Waals surface area contributed by atoms with Crippen molar-refractivity contribution in [2.45, 2.75) is 6.04 Å². The van der Waals surface area contributed by atoms with Crippen LogP contribution in [0.15, 0.2) is 71.9 Å². The first-order chi connectivity index (χ1) is 10.8. The van der Waals surface area contributed by atoms with Gasteiger partial charge in [-0.25, -0.2) is 0 Å². The molecule has 0 aliphatic heterocycles. The second-order valence-electron chi connectivity index (χ2n) is 4.70. The fourth-order valence-electron chi connectivity index (χ4n) is 2.21. The molecule has 1 aromatic carbocycles. The van der Waals surface area contributed by atoms with Gasteiger partial charge in [-0.15, -0.1) is 0 Å². The molecule has 0 aliphatic carbocycles. The largest absolute Gasteiger partial charge is 0.327 e. The first-order valence-corrected chi connectivity index (χ1v) is 6.78. The molecule has 22 heavy (non-hydrogen) atoms.